The number of pyridine rings is 1. The molecule has 3 N–H and O–H groups in total. The maximum absolute atomic E-state index is 12.4. The van der Waals surface area contributed by atoms with Crippen LogP contribution in [0.25, 0.3) is 22.3 Å². The van der Waals surface area contributed by atoms with Crippen molar-refractivity contribution in [2.75, 3.05) is 57.8 Å². The van der Waals surface area contributed by atoms with Crippen LogP contribution in [0.1, 0.15) is 10.4 Å². The quantitative estimate of drug-likeness (QED) is 0.359. The number of nitrogens with one attached hydrogen (secondary N) is 3. The predicted molar refractivity (Wildman–Crippen MR) is 141 cm³/mol. The molecule has 1 saturated heterocycles. The summed E-state index contributed by atoms with van der Waals surface area (Å²) < 4.78 is 16.9. The summed E-state index contributed by atoms with van der Waals surface area (Å²) in [5, 5.41) is 6.92. The Balaban J connectivity index is 1.56. The van der Waals surface area contributed by atoms with Crippen molar-refractivity contribution in [3.8, 4) is 22.8 Å². The van der Waals surface area contributed by atoms with Crippen LogP contribution in [-0.4, -0.2) is 63.4 Å². The Hall–Kier alpha value is -4.24. The van der Waals surface area contributed by atoms with E-state index < -0.39 is 0 Å². The molecule has 2 aromatic heterocycles. The average Bonchev–Trinajstić information content (AvgIpc) is 3.38. The number of amides is 1. The smallest absolute Gasteiger partial charge is 0.253 e. The third kappa shape index (κ3) is 4.40. The number of aromatic amines is 1. The van der Waals surface area contributed by atoms with Gasteiger partial charge >= 0.3 is 0 Å². The summed E-state index contributed by atoms with van der Waals surface area (Å²) in [4.78, 5) is 22.7. The van der Waals surface area contributed by atoms with Gasteiger partial charge in [-0.2, -0.15) is 0 Å². The number of nitrogens with zero attached hydrogens (tertiary/aromatic N) is 2. The predicted octanol–water partition coefficient (Wildman–Crippen LogP) is 4.19. The van der Waals surface area contributed by atoms with E-state index in [0.29, 0.717) is 28.3 Å². The number of H-pyrrole nitrogens is 1. The van der Waals surface area contributed by atoms with Gasteiger partial charge in [0.25, 0.3) is 5.91 Å². The number of rotatable bonds is 7. The van der Waals surface area contributed by atoms with Crippen molar-refractivity contribution in [1.29, 1.82) is 0 Å². The van der Waals surface area contributed by atoms with E-state index in [0.717, 1.165) is 54.4 Å². The molecule has 0 bridgehead atoms. The Morgan fingerprint density at radius 1 is 1.06 bits per heavy atom. The van der Waals surface area contributed by atoms with Crippen LogP contribution < -0.4 is 25.0 Å². The van der Waals surface area contributed by atoms with E-state index in [4.69, 9.17) is 14.2 Å². The van der Waals surface area contributed by atoms with E-state index in [-0.39, 0.29) is 5.91 Å². The van der Waals surface area contributed by atoms with Crippen LogP contribution in [0.15, 0.2) is 54.7 Å². The summed E-state index contributed by atoms with van der Waals surface area (Å²) >= 11 is 0. The molecule has 4 aromatic rings. The number of carbonyl (C=O) groups excluding carboxylic acids is 1. The SMILES string of the molecule is CNC(=O)c1ccccc1Nc1c(OC)cnc2[nH]c(-c3ccc(N4CCOCC4)cc3OC)cc12. The Morgan fingerprint density at radius 2 is 1.83 bits per heavy atom. The van der Waals surface area contributed by atoms with Gasteiger partial charge in [-0.3, -0.25) is 4.79 Å². The first kappa shape index (κ1) is 23.5. The molecule has 1 fully saturated rings. The first-order valence-corrected chi connectivity index (χ1v) is 11.8. The molecule has 0 radical (unpaired) electrons. The highest BCUT2D eigenvalue weighted by Crippen LogP contribution is 2.40. The summed E-state index contributed by atoms with van der Waals surface area (Å²) in [5.41, 5.74) is 5.47. The number of ether oxygens (including phenoxy) is 3. The fourth-order valence-corrected chi connectivity index (χ4v) is 4.47. The van der Waals surface area contributed by atoms with Gasteiger partial charge in [-0.05, 0) is 30.3 Å². The summed E-state index contributed by atoms with van der Waals surface area (Å²) in [6, 6.07) is 15.6. The molecule has 5 rings (SSSR count). The van der Waals surface area contributed by atoms with Gasteiger partial charge in [0.2, 0.25) is 0 Å². The van der Waals surface area contributed by atoms with Crippen molar-refractivity contribution in [1.82, 2.24) is 15.3 Å². The molecule has 0 unspecified atom stereocenters. The average molecular weight is 488 g/mol. The fraction of sp³-hybridized carbons (Fsp3) is 0.259. The molecule has 186 valence electrons. The van der Waals surface area contributed by atoms with Crippen molar-refractivity contribution in [2.45, 2.75) is 0 Å². The molecule has 1 aliphatic rings. The van der Waals surface area contributed by atoms with Crippen LogP contribution in [0.2, 0.25) is 0 Å². The Kier molecular flexibility index (Phi) is 6.64. The molecule has 0 aliphatic carbocycles. The molecule has 9 nitrogen and oxygen atoms in total. The molecule has 36 heavy (non-hydrogen) atoms. The lowest BCUT2D eigenvalue weighted by Gasteiger charge is -2.29. The van der Waals surface area contributed by atoms with Crippen molar-refractivity contribution in [2.24, 2.45) is 0 Å². The zero-order valence-electron chi connectivity index (χ0n) is 20.6. The van der Waals surface area contributed by atoms with Gasteiger partial charge in [0.1, 0.15) is 11.4 Å². The number of fused-ring (bicyclic) bond motifs is 1. The lowest BCUT2D eigenvalue weighted by atomic mass is 10.1. The van der Waals surface area contributed by atoms with Gasteiger partial charge in [0.05, 0.1) is 56.3 Å². The number of methoxy groups -OCH3 is 2. The third-order valence-corrected chi connectivity index (χ3v) is 6.35. The standard InChI is InChI=1S/C27H29N5O4/c1-28-27(33)19-6-4-5-7-21(19)30-25-20-15-22(31-26(20)29-16-24(25)35-3)18-9-8-17(14-23(18)34-2)32-10-12-36-13-11-32/h4-9,14-16H,10-13H2,1-3H3,(H,28,33)(H2,29,30,31). The Labute approximate surface area is 209 Å². The Bertz CT molecular complexity index is 1390. The summed E-state index contributed by atoms with van der Waals surface area (Å²) in [6.07, 6.45) is 1.66. The zero-order chi connectivity index (χ0) is 25.1. The fourth-order valence-electron chi connectivity index (χ4n) is 4.47. The van der Waals surface area contributed by atoms with Crippen molar-refractivity contribution < 1.29 is 19.0 Å². The summed E-state index contributed by atoms with van der Waals surface area (Å²) in [6.45, 7) is 3.15. The highest BCUT2D eigenvalue weighted by atomic mass is 16.5. The molecule has 0 atom stereocenters. The van der Waals surface area contributed by atoms with Crippen molar-refractivity contribution >= 4 is 34.0 Å². The van der Waals surface area contributed by atoms with Crippen LogP contribution in [-0.2, 0) is 4.74 Å². The van der Waals surface area contributed by atoms with E-state index in [1.165, 1.54) is 0 Å². The molecule has 1 amide bonds. The molecule has 3 heterocycles. The molecule has 2 aromatic carbocycles. The van der Waals surface area contributed by atoms with E-state index in [2.05, 4.69) is 43.7 Å². The monoisotopic (exact) mass is 487 g/mol. The number of hydrogen-bond donors (Lipinski definition) is 3. The first-order valence-electron chi connectivity index (χ1n) is 11.8. The second-order valence-electron chi connectivity index (χ2n) is 8.38. The number of aromatic nitrogens is 2. The highest BCUT2D eigenvalue weighted by molar-refractivity contribution is 6.03. The molecule has 0 saturated carbocycles. The van der Waals surface area contributed by atoms with Crippen LogP contribution in [0.3, 0.4) is 0 Å². The van der Waals surface area contributed by atoms with Crippen molar-refractivity contribution in [3.63, 3.8) is 0 Å². The van der Waals surface area contributed by atoms with E-state index in [1.807, 2.05) is 24.3 Å². The van der Waals surface area contributed by atoms with Gasteiger partial charge in [0.15, 0.2) is 5.75 Å². The number of para-hydroxylation sites is 1. The van der Waals surface area contributed by atoms with Gasteiger partial charge in [0, 0.05) is 42.8 Å². The van der Waals surface area contributed by atoms with E-state index in [9.17, 15) is 4.79 Å². The molecule has 1 aliphatic heterocycles. The van der Waals surface area contributed by atoms with E-state index in [1.54, 1.807) is 33.5 Å². The molecular weight excluding hydrogens is 458 g/mol. The second-order valence-corrected chi connectivity index (χ2v) is 8.38. The summed E-state index contributed by atoms with van der Waals surface area (Å²) in [7, 11) is 4.88. The maximum Gasteiger partial charge on any atom is 0.253 e. The normalized spacial score (nSPS) is 13.5. The minimum atomic E-state index is -0.179. The summed E-state index contributed by atoms with van der Waals surface area (Å²) in [5.74, 6) is 1.15. The Morgan fingerprint density at radius 3 is 2.58 bits per heavy atom. The van der Waals surface area contributed by atoms with Gasteiger partial charge in [-0.15, -0.1) is 0 Å². The zero-order valence-corrected chi connectivity index (χ0v) is 20.6. The van der Waals surface area contributed by atoms with Crippen molar-refractivity contribution in [3.05, 3.63) is 60.3 Å². The lowest BCUT2D eigenvalue weighted by molar-refractivity contribution is 0.0964. The molecular formula is C27H29N5O4. The van der Waals surface area contributed by atoms with Crippen LogP contribution in [0.4, 0.5) is 17.1 Å². The third-order valence-electron chi connectivity index (χ3n) is 6.35. The van der Waals surface area contributed by atoms with Crippen LogP contribution in [0.5, 0.6) is 11.5 Å². The second kappa shape index (κ2) is 10.2. The van der Waals surface area contributed by atoms with Gasteiger partial charge < -0.3 is 34.7 Å². The maximum atomic E-state index is 12.4. The number of carbonyl (C=O) groups is 1. The minimum Gasteiger partial charge on any atom is -0.496 e. The van der Waals surface area contributed by atoms with Gasteiger partial charge in [-0.1, -0.05) is 12.1 Å². The minimum absolute atomic E-state index is 0.179. The van der Waals surface area contributed by atoms with E-state index >= 15 is 0 Å². The number of hydrogen-bond acceptors (Lipinski definition) is 7. The largest absolute Gasteiger partial charge is 0.496 e. The topological polar surface area (TPSA) is 101 Å². The van der Waals surface area contributed by atoms with Crippen LogP contribution in [0, 0.1) is 0 Å². The molecule has 0 spiro atoms. The number of morpholine rings is 1. The first-order chi connectivity index (χ1) is 17.6. The number of anilines is 3. The lowest BCUT2D eigenvalue weighted by Crippen LogP contribution is -2.36. The van der Waals surface area contributed by atoms with Gasteiger partial charge in [-0.25, -0.2) is 4.98 Å². The number of benzene rings is 2. The molecule has 9 heteroatoms. The highest BCUT2D eigenvalue weighted by Gasteiger charge is 2.19. The van der Waals surface area contributed by atoms with Crippen LogP contribution >= 0.6 is 0 Å².